The molecular weight excluding hydrogens is 366 g/mol. The molecule has 1 amide bonds. The van der Waals surface area contributed by atoms with Gasteiger partial charge >= 0.3 is 0 Å². The van der Waals surface area contributed by atoms with Crippen LogP contribution in [0.1, 0.15) is 41.0 Å². The Balaban J connectivity index is 1.36. The minimum absolute atomic E-state index is 0.263. The number of piperazine rings is 1. The molecule has 2 aromatic rings. The second-order valence-corrected chi connectivity index (χ2v) is 9.04. The van der Waals surface area contributed by atoms with E-state index in [1.54, 1.807) is 0 Å². The van der Waals surface area contributed by atoms with E-state index in [1.807, 2.05) is 11.3 Å². The summed E-state index contributed by atoms with van der Waals surface area (Å²) in [6, 6.07) is 9.03. The Kier molecular flexibility index (Phi) is 5.74. The molecule has 1 aromatic carbocycles. The molecule has 0 radical (unpaired) electrons. The fourth-order valence-electron chi connectivity index (χ4n) is 4.64. The molecule has 0 N–H and O–H groups in total. The molecule has 1 atom stereocenters. The first kappa shape index (κ1) is 19.5. The first-order valence-electron chi connectivity index (χ1n) is 10.5. The average molecular weight is 398 g/mol. The van der Waals surface area contributed by atoms with Crippen LogP contribution in [0.4, 0.5) is 5.69 Å². The van der Waals surface area contributed by atoms with Crippen molar-refractivity contribution in [1.82, 2.24) is 9.80 Å². The third-order valence-electron chi connectivity index (χ3n) is 6.45. The minimum atomic E-state index is 0.263. The predicted molar refractivity (Wildman–Crippen MR) is 117 cm³/mol. The first-order valence-corrected chi connectivity index (χ1v) is 11.4. The maximum atomic E-state index is 13.1. The highest BCUT2D eigenvalue weighted by atomic mass is 32.1. The second-order valence-electron chi connectivity index (χ2n) is 8.04. The molecule has 3 heterocycles. The zero-order valence-electron chi connectivity index (χ0n) is 17.3. The van der Waals surface area contributed by atoms with E-state index in [0.29, 0.717) is 12.5 Å². The highest BCUT2D eigenvalue weighted by Crippen LogP contribution is 2.35. The molecule has 150 valence electrons. The van der Waals surface area contributed by atoms with E-state index in [4.69, 9.17) is 0 Å². The highest BCUT2D eigenvalue weighted by molar-refractivity contribution is 7.10. The summed E-state index contributed by atoms with van der Waals surface area (Å²) in [4.78, 5) is 21.5. The van der Waals surface area contributed by atoms with E-state index in [2.05, 4.69) is 65.1 Å². The molecule has 4 rings (SSSR count). The lowest BCUT2D eigenvalue weighted by atomic mass is 9.97. The van der Waals surface area contributed by atoms with Gasteiger partial charge in [0.15, 0.2) is 0 Å². The summed E-state index contributed by atoms with van der Waals surface area (Å²) in [7, 11) is 0. The quantitative estimate of drug-likeness (QED) is 0.780. The predicted octanol–water partition coefficient (Wildman–Crippen LogP) is 4.02. The largest absolute Gasteiger partial charge is 0.369 e. The van der Waals surface area contributed by atoms with Crippen molar-refractivity contribution >= 4 is 22.9 Å². The standard InChI is InChI=1S/C23H31N3OS/c1-4-20-19-9-15-28-22(19)8-10-26(20)23(27)16-24-11-13-25(14-12-24)21-7-5-6-17(2)18(21)3/h5-7,9,15,20H,4,8,10-14,16H2,1-3H3. The van der Waals surface area contributed by atoms with Gasteiger partial charge in [0.05, 0.1) is 12.6 Å². The molecule has 0 saturated carbocycles. The molecule has 2 aliphatic heterocycles. The van der Waals surface area contributed by atoms with Crippen LogP contribution in [-0.4, -0.2) is 55.0 Å². The van der Waals surface area contributed by atoms with E-state index in [-0.39, 0.29) is 6.04 Å². The van der Waals surface area contributed by atoms with Crippen LogP contribution in [0.2, 0.25) is 0 Å². The topological polar surface area (TPSA) is 26.8 Å². The van der Waals surface area contributed by atoms with Gasteiger partial charge in [-0.05, 0) is 60.9 Å². The Morgan fingerprint density at radius 3 is 2.64 bits per heavy atom. The number of hydrogen-bond donors (Lipinski definition) is 0. The maximum absolute atomic E-state index is 13.1. The van der Waals surface area contributed by atoms with Gasteiger partial charge in [0.2, 0.25) is 5.91 Å². The van der Waals surface area contributed by atoms with Crippen molar-refractivity contribution in [2.45, 2.75) is 39.7 Å². The zero-order chi connectivity index (χ0) is 19.7. The molecule has 0 spiro atoms. The van der Waals surface area contributed by atoms with E-state index >= 15 is 0 Å². The van der Waals surface area contributed by atoms with Crippen molar-refractivity contribution in [3.63, 3.8) is 0 Å². The second kappa shape index (κ2) is 8.26. The first-order chi connectivity index (χ1) is 13.6. The van der Waals surface area contributed by atoms with Crippen LogP contribution in [0.5, 0.6) is 0 Å². The molecule has 28 heavy (non-hydrogen) atoms. The molecule has 4 nitrogen and oxygen atoms in total. The van der Waals surface area contributed by atoms with Gasteiger partial charge in [0.25, 0.3) is 0 Å². The highest BCUT2D eigenvalue weighted by Gasteiger charge is 2.31. The Hall–Kier alpha value is -1.85. The van der Waals surface area contributed by atoms with E-state index in [9.17, 15) is 4.79 Å². The molecule has 1 unspecified atom stereocenters. The number of carbonyl (C=O) groups is 1. The monoisotopic (exact) mass is 397 g/mol. The SMILES string of the molecule is CCC1c2ccsc2CCN1C(=O)CN1CCN(c2cccc(C)c2C)CC1. The summed E-state index contributed by atoms with van der Waals surface area (Å²) >= 11 is 1.84. The molecule has 0 aliphatic carbocycles. The van der Waals surface area contributed by atoms with Crippen LogP contribution < -0.4 is 4.90 Å². The van der Waals surface area contributed by atoms with Crippen LogP contribution in [0.25, 0.3) is 0 Å². The van der Waals surface area contributed by atoms with Crippen molar-refractivity contribution in [1.29, 1.82) is 0 Å². The van der Waals surface area contributed by atoms with Gasteiger partial charge in [0.1, 0.15) is 0 Å². The van der Waals surface area contributed by atoms with Crippen molar-refractivity contribution in [2.24, 2.45) is 0 Å². The average Bonchev–Trinajstić information content (AvgIpc) is 3.19. The summed E-state index contributed by atoms with van der Waals surface area (Å²) in [5.41, 5.74) is 5.45. The third kappa shape index (κ3) is 3.70. The lowest BCUT2D eigenvalue weighted by Gasteiger charge is -2.39. The number of aryl methyl sites for hydroxylation is 1. The van der Waals surface area contributed by atoms with Crippen LogP contribution in [0, 0.1) is 13.8 Å². The Bertz CT molecular complexity index is 838. The molecule has 5 heteroatoms. The normalized spacial score (nSPS) is 20.3. The van der Waals surface area contributed by atoms with Crippen LogP contribution in [-0.2, 0) is 11.2 Å². The van der Waals surface area contributed by atoms with Gasteiger partial charge < -0.3 is 9.80 Å². The number of carbonyl (C=O) groups excluding carboxylic acids is 1. The Morgan fingerprint density at radius 2 is 1.89 bits per heavy atom. The maximum Gasteiger partial charge on any atom is 0.237 e. The van der Waals surface area contributed by atoms with Gasteiger partial charge in [-0.25, -0.2) is 0 Å². The number of fused-ring (bicyclic) bond motifs is 1. The van der Waals surface area contributed by atoms with E-state index in [1.165, 1.54) is 27.3 Å². The van der Waals surface area contributed by atoms with Gasteiger partial charge in [0, 0.05) is 43.3 Å². The Labute approximate surface area is 172 Å². The summed E-state index contributed by atoms with van der Waals surface area (Å²) < 4.78 is 0. The summed E-state index contributed by atoms with van der Waals surface area (Å²) in [5, 5.41) is 2.17. The van der Waals surface area contributed by atoms with Crippen molar-refractivity contribution < 1.29 is 4.79 Å². The number of amides is 1. The fraction of sp³-hybridized carbons (Fsp3) is 0.522. The van der Waals surface area contributed by atoms with Crippen molar-refractivity contribution in [3.8, 4) is 0 Å². The molecule has 1 fully saturated rings. The van der Waals surface area contributed by atoms with Gasteiger partial charge in [-0.3, -0.25) is 9.69 Å². The lowest BCUT2D eigenvalue weighted by molar-refractivity contribution is -0.135. The number of thiophene rings is 1. The molecule has 0 bridgehead atoms. The fourth-order valence-corrected chi connectivity index (χ4v) is 5.57. The number of rotatable bonds is 4. The van der Waals surface area contributed by atoms with E-state index in [0.717, 1.165) is 45.6 Å². The number of anilines is 1. The van der Waals surface area contributed by atoms with Crippen LogP contribution in [0.3, 0.4) is 0 Å². The molecular formula is C23H31N3OS. The zero-order valence-corrected chi connectivity index (χ0v) is 18.1. The van der Waals surface area contributed by atoms with Crippen LogP contribution in [0.15, 0.2) is 29.6 Å². The molecule has 1 saturated heterocycles. The summed E-state index contributed by atoms with van der Waals surface area (Å²) in [6.07, 6.45) is 2.01. The van der Waals surface area contributed by atoms with Gasteiger partial charge in [-0.1, -0.05) is 19.1 Å². The van der Waals surface area contributed by atoms with E-state index < -0.39 is 0 Å². The van der Waals surface area contributed by atoms with Crippen LogP contribution >= 0.6 is 11.3 Å². The van der Waals surface area contributed by atoms with Gasteiger partial charge in [-0.2, -0.15) is 0 Å². The van der Waals surface area contributed by atoms with Gasteiger partial charge in [-0.15, -0.1) is 11.3 Å². The van der Waals surface area contributed by atoms with Crippen molar-refractivity contribution in [2.75, 3.05) is 44.2 Å². The smallest absolute Gasteiger partial charge is 0.237 e. The summed E-state index contributed by atoms with van der Waals surface area (Å²) in [5.74, 6) is 0.295. The lowest BCUT2D eigenvalue weighted by Crippen LogP contribution is -2.51. The number of nitrogens with zero attached hydrogens (tertiary/aromatic N) is 3. The summed E-state index contributed by atoms with van der Waals surface area (Å²) in [6.45, 7) is 11.9. The number of benzene rings is 1. The molecule has 2 aliphatic rings. The Morgan fingerprint density at radius 1 is 1.11 bits per heavy atom. The molecule has 1 aromatic heterocycles. The minimum Gasteiger partial charge on any atom is -0.369 e. The van der Waals surface area contributed by atoms with Crippen molar-refractivity contribution in [3.05, 3.63) is 51.2 Å². The number of hydrogen-bond acceptors (Lipinski definition) is 4. The third-order valence-corrected chi connectivity index (χ3v) is 7.45.